The first-order valence-corrected chi connectivity index (χ1v) is 6.07. The topological polar surface area (TPSA) is 21.3 Å². The highest BCUT2D eigenvalue weighted by atomic mass is 16.5. The van der Waals surface area contributed by atoms with Gasteiger partial charge in [0.1, 0.15) is 0 Å². The predicted molar refractivity (Wildman–Crippen MR) is 67.8 cm³/mol. The lowest BCUT2D eigenvalue weighted by molar-refractivity contribution is 0.0300. The predicted octanol–water partition coefficient (Wildman–Crippen LogP) is 3.22. The molecular formula is C14H21NO. The molecule has 16 heavy (non-hydrogen) atoms. The molecule has 88 valence electrons. The molecular weight excluding hydrogens is 198 g/mol. The highest BCUT2D eigenvalue weighted by molar-refractivity contribution is 5.50. The number of para-hydroxylation sites is 1. The smallest absolute Gasteiger partial charge is 0.0471 e. The van der Waals surface area contributed by atoms with Crippen LogP contribution in [0.3, 0.4) is 0 Å². The van der Waals surface area contributed by atoms with Crippen LogP contribution in [-0.4, -0.2) is 19.8 Å². The van der Waals surface area contributed by atoms with Crippen LogP contribution in [0.4, 0.5) is 5.69 Å². The van der Waals surface area contributed by atoms with Gasteiger partial charge in [-0.15, -0.1) is 0 Å². The minimum Gasteiger partial charge on any atom is -0.384 e. The van der Waals surface area contributed by atoms with Crippen LogP contribution in [0.2, 0.25) is 0 Å². The monoisotopic (exact) mass is 219 g/mol. The Labute approximate surface area is 98.0 Å². The van der Waals surface area contributed by atoms with Gasteiger partial charge in [-0.1, -0.05) is 25.1 Å². The van der Waals surface area contributed by atoms with Crippen molar-refractivity contribution in [2.24, 2.45) is 5.41 Å². The molecule has 0 unspecified atom stereocenters. The third-order valence-corrected chi connectivity index (χ3v) is 3.55. The summed E-state index contributed by atoms with van der Waals surface area (Å²) in [6.07, 6.45) is 2.32. The van der Waals surface area contributed by atoms with Crippen molar-refractivity contribution in [3.8, 4) is 0 Å². The molecule has 0 radical (unpaired) electrons. The standard InChI is InChI=1S/C14H21NO/c1-12-5-3-4-6-13(12)15-11-14(2)7-9-16-10-8-14/h3-6,15H,7-11H2,1-2H3. The molecule has 1 N–H and O–H groups in total. The van der Waals surface area contributed by atoms with Gasteiger partial charge in [-0.2, -0.15) is 0 Å². The average Bonchev–Trinajstić information content (AvgIpc) is 2.29. The SMILES string of the molecule is Cc1ccccc1NCC1(C)CCOCC1. The molecule has 1 aliphatic heterocycles. The summed E-state index contributed by atoms with van der Waals surface area (Å²) in [7, 11) is 0. The van der Waals surface area contributed by atoms with E-state index in [1.165, 1.54) is 11.3 Å². The number of hydrogen-bond donors (Lipinski definition) is 1. The molecule has 1 fully saturated rings. The molecule has 0 spiro atoms. The van der Waals surface area contributed by atoms with E-state index in [0.29, 0.717) is 5.41 Å². The summed E-state index contributed by atoms with van der Waals surface area (Å²) in [6.45, 7) is 7.36. The third-order valence-electron chi connectivity index (χ3n) is 3.55. The Morgan fingerprint density at radius 1 is 1.25 bits per heavy atom. The number of ether oxygens (including phenoxy) is 1. The van der Waals surface area contributed by atoms with Crippen LogP contribution in [0, 0.1) is 12.3 Å². The Morgan fingerprint density at radius 2 is 1.94 bits per heavy atom. The Bertz CT molecular complexity index is 342. The van der Waals surface area contributed by atoms with E-state index in [9.17, 15) is 0 Å². The van der Waals surface area contributed by atoms with E-state index < -0.39 is 0 Å². The molecule has 1 aromatic carbocycles. The number of hydrogen-bond acceptors (Lipinski definition) is 2. The first-order chi connectivity index (χ1) is 7.70. The van der Waals surface area contributed by atoms with Crippen molar-refractivity contribution in [2.45, 2.75) is 26.7 Å². The molecule has 1 aliphatic rings. The molecule has 1 saturated heterocycles. The average molecular weight is 219 g/mol. The van der Waals surface area contributed by atoms with Crippen molar-refractivity contribution >= 4 is 5.69 Å². The summed E-state index contributed by atoms with van der Waals surface area (Å²) in [5, 5.41) is 3.57. The zero-order valence-corrected chi connectivity index (χ0v) is 10.3. The van der Waals surface area contributed by atoms with Gasteiger partial charge >= 0.3 is 0 Å². The first kappa shape index (κ1) is 11.5. The van der Waals surface area contributed by atoms with Crippen molar-refractivity contribution in [2.75, 3.05) is 25.1 Å². The van der Waals surface area contributed by atoms with Crippen molar-refractivity contribution in [1.82, 2.24) is 0 Å². The van der Waals surface area contributed by atoms with Crippen molar-refractivity contribution in [3.05, 3.63) is 29.8 Å². The molecule has 0 amide bonds. The maximum Gasteiger partial charge on any atom is 0.0471 e. The third kappa shape index (κ3) is 2.76. The van der Waals surface area contributed by atoms with Crippen LogP contribution in [0.15, 0.2) is 24.3 Å². The van der Waals surface area contributed by atoms with Gasteiger partial charge in [0.05, 0.1) is 0 Å². The van der Waals surface area contributed by atoms with Gasteiger partial charge in [0, 0.05) is 25.4 Å². The van der Waals surface area contributed by atoms with E-state index in [1.807, 2.05) is 0 Å². The van der Waals surface area contributed by atoms with Gasteiger partial charge in [0.2, 0.25) is 0 Å². The van der Waals surface area contributed by atoms with Crippen LogP contribution in [0.25, 0.3) is 0 Å². The van der Waals surface area contributed by atoms with Gasteiger partial charge in [0.15, 0.2) is 0 Å². The minimum absolute atomic E-state index is 0.389. The molecule has 0 saturated carbocycles. The molecule has 2 heteroatoms. The van der Waals surface area contributed by atoms with E-state index in [0.717, 1.165) is 32.6 Å². The van der Waals surface area contributed by atoms with E-state index in [2.05, 4.69) is 43.4 Å². The van der Waals surface area contributed by atoms with Crippen LogP contribution in [-0.2, 0) is 4.74 Å². The molecule has 0 aromatic heterocycles. The summed E-state index contributed by atoms with van der Waals surface area (Å²) >= 11 is 0. The molecule has 2 nitrogen and oxygen atoms in total. The quantitative estimate of drug-likeness (QED) is 0.842. The van der Waals surface area contributed by atoms with E-state index in [4.69, 9.17) is 4.74 Å². The van der Waals surface area contributed by atoms with Crippen LogP contribution in [0.1, 0.15) is 25.3 Å². The highest BCUT2D eigenvalue weighted by Gasteiger charge is 2.26. The molecule has 0 bridgehead atoms. The number of benzene rings is 1. The second-order valence-electron chi connectivity index (χ2n) is 5.09. The minimum atomic E-state index is 0.389. The Kier molecular flexibility index (Phi) is 3.49. The summed E-state index contributed by atoms with van der Waals surface area (Å²) in [4.78, 5) is 0. The summed E-state index contributed by atoms with van der Waals surface area (Å²) < 4.78 is 5.41. The van der Waals surface area contributed by atoms with E-state index in [1.54, 1.807) is 0 Å². The second kappa shape index (κ2) is 4.88. The van der Waals surface area contributed by atoms with Crippen molar-refractivity contribution in [3.63, 3.8) is 0 Å². The lowest BCUT2D eigenvalue weighted by Gasteiger charge is -2.34. The van der Waals surface area contributed by atoms with Gasteiger partial charge in [-0.05, 0) is 36.8 Å². The maximum absolute atomic E-state index is 5.41. The van der Waals surface area contributed by atoms with Gasteiger partial charge in [-0.25, -0.2) is 0 Å². The largest absolute Gasteiger partial charge is 0.384 e. The van der Waals surface area contributed by atoms with E-state index >= 15 is 0 Å². The fraction of sp³-hybridized carbons (Fsp3) is 0.571. The van der Waals surface area contributed by atoms with Crippen molar-refractivity contribution in [1.29, 1.82) is 0 Å². The number of nitrogens with one attached hydrogen (secondary N) is 1. The lowest BCUT2D eigenvalue weighted by atomic mass is 9.82. The molecule has 2 rings (SSSR count). The van der Waals surface area contributed by atoms with Crippen LogP contribution in [0.5, 0.6) is 0 Å². The van der Waals surface area contributed by atoms with Gasteiger partial charge in [-0.3, -0.25) is 0 Å². The number of anilines is 1. The summed E-state index contributed by atoms with van der Waals surface area (Å²) in [5.74, 6) is 0. The Hall–Kier alpha value is -1.02. The zero-order chi connectivity index (χ0) is 11.4. The maximum atomic E-state index is 5.41. The summed E-state index contributed by atoms with van der Waals surface area (Å²) in [6, 6.07) is 8.46. The van der Waals surface area contributed by atoms with Crippen LogP contribution < -0.4 is 5.32 Å². The Morgan fingerprint density at radius 3 is 2.62 bits per heavy atom. The summed E-state index contributed by atoms with van der Waals surface area (Å²) in [5.41, 5.74) is 2.97. The van der Waals surface area contributed by atoms with Gasteiger partial charge < -0.3 is 10.1 Å². The van der Waals surface area contributed by atoms with Gasteiger partial charge in [0.25, 0.3) is 0 Å². The number of aryl methyl sites for hydroxylation is 1. The Balaban J connectivity index is 1.94. The van der Waals surface area contributed by atoms with Crippen molar-refractivity contribution < 1.29 is 4.74 Å². The van der Waals surface area contributed by atoms with Crippen LogP contribution >= 0.6 is 0 Å². The van der Waals surface area contributed by atoms with E-state index in [-0.39, 0.29) is 0 Å². The lowest BCUT2D eigenvalue weighted by Crippen LogP contribution is -2.33. The molecule has 1 aromatic rings. The molecule has 1 heterocycles. The zero-order valence-electron chi connectivity index (χ0n) is 10.3. The normalized spacial score (nSPS) is 19.4. The fourth-order valence-corrected chi connectivity index (χ4v) is 2.12. The molecule has 0 atom stereocenters. The number of rotatable bonds is 3. The second-order valence-corrected chi connectivity index (χ2v) is 5.09. The highest BCUT2D eigenvalue weighted by Crippen LogP contribution is 2.30. The fourth-order valence-electron chi connectivity index (χ4n) is 2.12. The molecule has 0 aliphatic carbocycles. The first-order valence-electron chi connectivity index (χ1n) is 6.07.